The Hall–Kier alpha value is -1.42. The van der Waals surface area contributed by atoms with Crippen LogP contribution in [0, 0.1) is 0 Å². The standard InChI is InChI=1S/C9H11ClN2O2/c1-12(9(13)14-2)8-5-6(10)3-4-7(8)11/h3-5H,11H2,1-2H3. The number of carbonyl (C=O) groups excluding carboxylic acids is 1. The number of nitrogens with two attached hydrogens (primary N) is 1. The Bertz CT molecular complexity index is 355. The Morgan fingerprint density at radius 2 is 2.21 bits per heavy atom. The summed E-state index contributed by atoms with van der Waals surface area (Å²) in [6.45, 7) is 0. The average molecular weight is 215 g/mol. The van der Waals surface area contributed by atoms with Crippen molar-refractivity contribution in [3.8, 4) is 0 Å². The molecule has 1 aromatic carbocycles. The second-order valence-corrected chi connectivity index (χ2v) is 3.17. The van der Waals surface area contributed by atoms with Crippen molar-refractivity contribution in [1.29, 1.82) is 0 Å². The lowest BCUT2D eigenvalue weighted by atomic mass is 10.2. The van der Waals surface area contributed by atoms with Gasteiger partial charge in [-0.1, -0.05) is 11.6 Å². The molecule has 76 valence electrons. The monoisotopic (exact) mass is 214 g/mol. The molecule has 0 fully saturated rings. The summed E-state index contributed by atoms with van der Waals surface area (Å²) >= 11 is 5.77. The summed E-state index contributed by atoms with van der Waals surface area (Å²) in [5, 5.41) is 0.518. The smallest absolute Gasteiger partial charge is 0.413 e. The quantitative estimate of drug-likeness (QED) is 0.729. The topological polar surface area (TPSA) is 55.6 Å². The van der Waals surface area contributed by atoms with Gasteiger partial charge in [-0.15, -0.1) is 0 Å². The molecule has 0 aliphatic carbocycles. The van der Waals surface area contributed by atoms with Gasteiger partial charge in [0, 0.05) is 12.1 Å². The molecule has 0 bridgehead atoms. The number of benzene rings is 1. The second-order valence-electron chi connectivity index (χ2n) is 2.73. The summed E-state index contributed by atoms with van der Waals surface area (Å²) in [6, 6.07) is 4.90. The molecule has 2 N–H and O–H groups in total. The van der Waals surface area contributed by atoms with Crippen molar-refractivity contribution in [2.75, 3.05) is 24.8 Å². The summed E-state index contributed by atoms with van der Waals surface area (Å²) in [4.78, 5) is 12.5. The van der Waals surface area contributed by atoms with Gasteiger partial charge in [0.25, 0.3) is 0 Å². The van der Waals surface area contributed by atoms with Crippen LogP contribution in [0.25, 0.3) is 0 Å². The molecule has 1 rings (SSSR count). The molecule has 0 saturated carbocycles. The van der Waals surface area contributed by atoms with E-state index in [4.69, 9.17) is 17.3 Å². The van der Waals surface area contributed by atoms with Crippen LogP contribution >= 0.6 is 11.6 Å². The molecule has 0 spiro atoms. The van der Waals surface area contributed by atoms with Crippen molar-refractivity contribution in [2.45, 2.75) is 0 Å². The zero-order chi connectivity index (χ0) is 10.7. The Morgan fingerprint density at radius 3 is 2.79 bits per heavy atom. The zero-order valence-corrected chi connectivity index (χ0v) is 8.71. The highest BCUT2D eigenvalue weighted by atomic mass is 35.5. The average Bonchev–Trinajstić information content (AvgIpc) is 2.19. The molecule has 0 aromatic heterocycles. The van der Waals surface area contributed by atoms with Crippen molar-refractivity contribution in [1.82, 2.24) is 0 Å². The maximum atomic E-state index is 11.2. The maximum Gasteiger partial charge on any atom is 0.413 e. The molecule has 0 aliphatic rings. The Balaban J connectivity index is 3.05. The molecule has 0 saturated heterocycles. The van der Waals surface area contributed by atoms with Gasteiger partial charge in [-0.25, -0.2) is 4.79 Å². The van der Waals surface area contributed by atoms with E-state index in [1.807, 2.05) is 0 Å². The highest BCUT2D eigenvalue weighted by Crippen LogP contribution is 2.26. The number of amides is 1. The number of carbonyl (C=O) groups is 1. The van der Waals surface area contributed by atoms with Crippen LogP contribution in [0.2, 0.25) is 5.02 Å². The van der Waals surface area contributed by atoms with Crippen LogP contribution < -0.4 is 10.6 Å². The van der Waals surface area contributed by atoms with Gasteiger partial charge in [0.05, 0.1) is 18.5 Å². The van der Waals surface area contributed by atoms with Crippen LogP contribution in [-0.2, 0) is 4.74 Å². The highest BCUT2D eigenvalue weighted by Gasteiger charge is 2.13. The molecule has 0 atom stereocenters. The fourth-order valence-corrected chi connectivity index (χ4v) is 1.21. The highest BCUT2D eigenvalue weighted by molar-refractivity contribution is 6.31. The Labute approximate surface area is 87.2 Å². The minimum absolute atomic E-state index is 0.474. The van der Waals surface area contributed by atoms with Gasteiger partial charge in [0.1, 0.15) is 0 Å². The number of halogens is 1. The third-order valence-corrected chi connectivity index (χ3v) is 2.04. The third-order valence-electron chi connectivity index (χ3n) is 1.80. The first-order chi connectivity index (χ1) is 6.56. The molecule has 1 aromatic rings. The number of nitrogens with zero attached hydrogens (tertiary/aromatic N) is 1. The number of methoxy groups -OCH3 is 1. The van der Waals surface area contributed by atoms with Gasteiger partial charge < -0.3 is 10.5 Å². The molecule has 5 heteroatoms. The van der Waals surface area contributed by atoms with E-state index in [0.717, 1.165) is 0 Å². The Morgan fingerprint density at radius 1 is 1.57 bits per heavy atom. The van der Waals surface area contributed by atoms with Crippen molar-refractivity contribution in [3.63, 3.8) is 0 Å². The number of hydrogen-bond donors (Lipinski definition) is 1. The molecule has 0 unspecified atom stereocenters. The first kappa shape index (κ1) is 10.7. The summed E-state index contributed by atoms with van der Waals surface area (Å²) in [5.41, 5.74) is 6.68. The minimum Gasteiger partial charge on any atom is -0.452 e. The molecule has 0 radical (unpaired) electrons. The first-order valence-electron chi connectivity index (χ1n) is 3.93. The van der Waals surface area contributed by atoms with E-state index < -0.39 is 6.09 Å². The molecule has 4 nitrogen and oxygen atoms in total. The molecule has 1 amide bonds. The van der Waals surface area contributed by atoms with E-state index in [1.54, 1.807) is 25.2 Å². The van der Waals surface area contributed by atoms with Gasteiger partial charge in [0.15, 0.2) is 0 Å². The lowest BCUT2D eigenvalue weighted by molar-refractivity contribution is 0.180. The van der Waals surface area contributed by atoms with Gasteiger partial charge in [-0.3, -0.25) is 4.90 Å². The van der Waals surface area contributed by atoms with Gasteiger partial charge in [0.2, 0.25) is 0 Å². The van der Waals surface area contributed by atoms with Crippen molar-refractivity contribution < 1.29 is 9.53 Å². The van der Waals surface area contributed by atoms with Gasteiger partial charge in [-0.05, 0) is 18.2 Å². The first-order valence-corrected chi connectivity index (χ1v) is 4.30. The van der Waals surface area contributed by atoms with E-state index in [1.165, 1.54) is 12.0 Å². The predicted molar refractivity (Wildman–Crippen MR) is 56.7 cm³/mol. The van der Waals surface area contributed by atoms with Crippen LogP contribution in [0.4, 0.5) is 16.2 Å². The van der Waals surface area contributed by atoms with E-state index in [-0.39, 0.29) is 0 Å². The van der Waals surface area contributed by atoms with E-state index in [2.05, 4.69) is 4.74 Å². The van der Waals surface area contributed by atoms with Crippen molar-refractivity contribution in [3.05, 3.63) is 23.2 Å². The Kier molecular flexibility index (Phi) is 3.19. The van der Waals surface area contributed by atoms with Crippen LogP contribution in [0.15, 0.2) is 18.2 Å². The zero-order valence-electron chi connectivity index (χ0n) is 7.95. The summed E-state index contributed by atoms with van der Waals surface area (Å²) in [7, 11) is 2.87. The van der Waals surface area contributed by atoms with Crippen LogP contribution in [-0.4, -0.2) is 20.3 Å². The number of ether oxygens (including phenoxy) is 1. The summed E-state index contributed by atoms with van der Waals surface area (Å²) in [6.07, 6.45) is -0.487. The molecular weight excluding hydrogens is 204 g/mol. The summed E-state index contributed by atoms with van der Waals surface area (Å²) < 4.78 is 4.55. The lowest BCUT2D eigenvalue weighted by Gasteiger charge is -2.17. The van der Waals surface area contributed by atoms with E-state index in [9.17, 15) is 4.79 Å². The molecule has 0 heterocycles. The van der Waals surface area contributed by atoms with Crippen LogP contribution in [0.5, 0.6) is 0 Å². The predicted octanol–water partition coefficient (Wildman–Crippen LogP) is 2.12. The van der Waals surface area contributed by atoms with Crippen LogP contribution in [0.3, 0.4) is 0 Å². The van der Waals surface area contributed by atoms with Gasteiger partial charge >= 0.3 is 6.09 Å². The lowest BCUT2D eigenvalue weighted by Crippen LogP contribution is -2.26. The fraction of sp³-hybridized carbons (Fsp3) is 0.222. The normalized spacial score (nSPS) is 9.64. The maximum absolute atomic E-state index is 11.2. The number of hydrogen-bond acceptors (Lipinski definition) is 3. The SMILES string of the molecule is COC(=O)N(C)c1cc(Cl)ccc1N. The summed E-state index contributed by atoms with van der Waals surface area (Å²) in [5.74, 6) is 0. The van der Waals surface area contributed by atoms with E-state index >= 15 is 0 Å². The third kappa shape index (κ3) is 2.09. The molecular formula is C9H11ClN2O2. The van der Waals surface area contributed by atoms with Crippen LogP contribution in [0.1, 0.15) is 0 Å². The molecule has 14 heavy (non-hydrogen) atoms. The minimum atomic E-state index is -0.487. The second kappa shape index (κ2) is 4.19. The molecule has 0 aliphatic heterocycles. The van der Waals surface area contributed by atoms with E-state index in [0.29, 0.717) is 16.4 Å². The fourth-order valence-electron chi connectivity index (χ4n) is 1.04. The largest absolute Gasteiger partial charge is 0.452 e. The van der Waals surface area contributed by atoms with Crippen molar-refractivity contribution >= 4 is 29.1 Å². The number of anilines is 2. The number of nitrogen functional groups attached to an aromatic ring is 1. The number of rotatable bonds is 1. The van der Waals surface area contributed by atoms with Crippen molar-refractivity contribution in [2.24, 2.45) is 0 Å². The van der Waals surface area contributed by atoms with Gasteiger partial charge in [-0.2, -0.15) is 0 Å².